The summed E-state index contributed by atoms with van der Waals surface area (Å²) in [5.74, 6) is -0.381. The molecule has 0 spiro atoms. The first-order valence-corrected chi connectivity index (χ1v) is 2.46. The summed E-state index contributed by atoms with van der Waals surface area (Å²) in [5, 5.41) is 0. The summed E-state index contributed by atoms with van der Waals surface area (Å²) < 4.78 is 3.81. The summed E-state index contributed by atoms with van der Waals surface area (Å²) >= 11 is 3.17. The molecule has 0 aromatic rings. The zero-order valence-electron chi connectivity index (χ0n) is 4.76. The minimum atomic E-state index is -0.381. The van der Waals surface area contributed by atoms with Crippen LogP contribution in [-0.2, 0) is 8.98 Å². The van der Waals surface area contributed by atoms with Gasteiger partial charge in [0.2, 0.25) is 0 Å². The van der Waals surface area contributed by atoms with Crippen LogP contribution in [0.15, 0.2) is 0 Å². The Hall–Kier alpha value is -0.180. The van der Waals surface area contributed by atoms with Crippen LogP contribution in [0.2, 0.25) is 0 Å². The van der Waals surface area contributed by atoms with E-state index in [1.165, 1.54) is 6.92 Å². The highest BCUT2D eigenvalue weighted by Gasteiger charge is 1.77. The van der Waals surface area contributed by atoms with Gasteiger partial charge in [-0.15, -0.1) is 0 Å². The van der Waals surface area contributed by atoms with E-state index in [-0.39, 0.29) is 5.97 Å². The first kappa shape index (κ1) is 9.94. The Balaban J connectivity index is 0. The Kier molecular flexibility index (Phi) is 13.2. The van der Waals surface area contributed by atoms with Crippen LogP contribution < -0.4 is 0 Å². The molecule has 44 valence electrons. The Morgan fingerprint density at radius 1 is 1.57 bits per heavy atom. The smallest absolute Gasteiger partial charge is 0.314 e. The maximum absolute atomic E-state index is 9.51. The molecule has 0 aliphatic carbocycles. The van der Waals surface area contributed by atoms with E-state index in [0.717, 1.165) is 0 Å². The highest BCUT2D eigenvalue weighted by Crippen LogP contribution is 1.74. The van der Waals surface area contributed by atoms with Gasteiger partial charge in [-0.2, -0.15) is 0 Å². The first-order chi connectivity index (χ1) is 3.27. The molecule has 0 unspecified atom stereocenters. The van der Waals surface area contributed by atoms with Crippen molar-refractivity contribution in [2.24, 2.45) is 0 Å². The zero-order valence-corrected chi connectivity index (χ0v) is 5.66. The summed E-state index contributed by atoms with van der Waals surface area (Å²) in [4.78, 5) is 9.51. The normalized spacial score (nSPS) is 5.71. The molecule has 0 rings (SSSR count). The first-order valence-electron chi connectivity index (χ1n) is 2.09. The van der Waals surface area contributed by atoms with Gasteiger partial charge in [-0.05, 0) is 0 Å². The van der Waals surface area contributed by atoms with E-state index in [9.17, 15) is 4.79 Å². The molecular formula is C4H10O2S. The standard InChI is InChI=1S/C2H4O2S.C2H6/c1-2(3)4-5;1-2/h5H,1H3;1-2H3. The monoisotopic (exact) mass is 122 g/mol. The molecule has 0 aromatic carbocycles. The second kappa shape index (κ2) is 9.27. The molecule has 0 atom stereocenters. The Bertz CT molecular complexity index is 45.0. The van der Waals surface area contributed by atoms with Crippen molar-refractivity contribution < 1.29 is 8.98 Å². The van der Waals surface area contributed by atoms with Crippen molar-refractivity contribution in [1.82, 2.24) is 0 Å². The van der Waals surface area contributed by atoms with Gasteiger partial charge < -0.3 is 4.18 Å². The maximum atomic E-state index is 9.51. The topological polar surface area (TPSA) is 26.3 Å². The van der Waals surface area contributed by atoms with Gasteiger partial charge in [-0.3, -0.25) is 4.79 Å². The highest BCUT2D eigenvalue weighted by molar-refractivity contribution is 7.75. The van der Waals surface area contributed by atoms with E-state index in [1.54, 1.807) is 0 Å². The third-order valence-corrected chi connectivity index (χ3v) is 0.386. The van der Waals surface area contributed by atoms with Crippen molar-refractivity contribution in [2.45, 2.75) is 20.8 Å². The van der Waals surface area contributed by atoms with Crippen molar-refractivity contribution in [3.8, 4) is 0 Å². The Morgan fingerprint density at radius 2 is 1.71 bits per heavy atom. The quantitative estimate of drug-likeness (QED) is 0.388. The van der Waals surface area contributed by atoms with Gasteiger partial charge in [0.05, 0.1) is 0 Å². The predicted octanol–water partition coefficient (Wildman–Crippen LogP) is 1.42. The average Bonchev–Trinajstić information content (AvgIpc) is 1.73. The molecule has 0 radical (unpaired) electrons. The van der Waals surface area contributed by atoms with E-state index >= 15 is 0 Å². The molecule has 0 saturated carbocycles. The Morgan fingerprint density at radius 3 is 1.71 bits per heavy atom. The van der Waals surface area contributed by atoms with Crippen LogP contribution in [0.25, 0.3) is 0 Å². The van der Waals surface area contributed by atoms with Gasteiger partial charge in [-0.1, -0.05) is 13.8 Å². The fraction of sp³-hybridized carbons (Fsp3) is 0.750. The van der Waals surface area contributed by atoms with Crippen molar-refractivity contribution in [2.75, 3.05) is 0 Å². The molecule has 0 aromatic heterocycles. The SMILES string of the molecule is CC.CC(=O)OS. The zero-order chi connectivity index (χ0) is 6.28. The minimum absolute atomic E-state index is 0.381. The molecule has 0 aliphatic rings. The predicted molar refractivity (Wildman–Crippen MR) is 32.1 cm³/mol. The molecule has 3 heteroatoms. The van der Waals surface area contributed by atoms with Crippen LogP contribution in [0.5, 0.6) is 0 Å². The number of thiol groups is 1. The van der Waals surface area contributed by atoms with E-state index in [0.29, 0.717) is 0 Å². The van der Waals surface area contributed by atoms with Crippen molar-refractivity contribution in [3.63, 3.8) is 0 Å². The minimum Gasteiger partial charge on any atom is -0.395 e. The summed E-state index contributed by atoms with van der Waals surface area (Å²) in [6.45, 7) is 5.28. The van der Waals surface area contributed by atoms with E-state index in [4.69, 9.17) is 0 Å². The number of hydrogen-bond acceptors (Lipinski definition) is 3. The van der Waals surface area contributed by atoms with E-state index in [2.05, 4.69) is 17.1 Å². The van der Waals surface area contributed by atoms with Crippen LogP contribution in [0.1, 0.15) is 20.8 Å². The molecule has 2 nitrogen and oxygen atoms in total. The lowest BCUT2D eigenvalue weighted by Gasteiger charge is -1.77. The van der Waals surface area contributed by atoms with Crippen LogP contribution in [-0.4, -0.2) is 5.97 Å². The van der Waals surface area contributed by atoms with Gasteiger partial charge in [0.15, 0.2) is 0 Å². The van der Waals surface area contributed by atoms with Gasteiger partial charge in [0, 0.05) is 19.8 Å². The lowest BCUT2D eigenvalue weighted by molar-refractivity contribution is -0.130. The molecule has 0 N–H and O–H groups in total. The molecule has 0 aliphatic heterocycles. The van der Waals surface area contributed by atoms with Gasteiger partial charge in [-0.25, -0.2) is 0 Å². The molecule has 0 saturated heterocycles. The third-order valence-electron chi connectivity index (χ3n) is 0.129. The van der Waals surface area contributed by atoms with Crippen LogP contribution >= 0.6 is 12.9 Å². The van der Waals surface area contributed by atoms with Gasteiger partial charge >= 0.3 is 5.97 Å². The second-order valence-electron chi connectivity index (χ2n) is 0.583. The summed E-state index contributed by atoms with van der Waals surface area (Å²) in [6.07, 6.45) is 0. The molecular weight excluding hydrogens is 112 g/mol. The van der Waals surface area contributed by atoms with Crippen LogP contribution in [0.3, 0.4) is 0 Å². The fourth-order valence-electron chi connectivity index (χ4n) is 0. The summed E-state index contributed by atoms with van der Waals surface area (Å²) in [7, 11) is 0. The lowest BCUT2D eigenvalue weighted by Crippen LogP contribution is -1.82. The maximum Gasteiger partial charge on any atom is 0.314 e. The van der Waals surface area contributed by atoms with Crippen molar-refractivity contribution in [1.29, 1.82) is 0 Å². The molecule has 7 heavy (non-hydrogen) atoms. The largest absolute Gasteiger partial charge is 0.395 e. The summed E-state index contributed by atoms with van der Waals surface area (Å²) in [5.41, 5.74) is 0. The average molecular weight is 122 g/mol. The highest BCUT2D eigenvalue weighted by atomic mass is 32.1. The fourth-order valence-corrected chi connectivity index (χ4v) is 0. The van der Waals surface area contributed by atoms with Gasteiger partial charge in [0.25, 0.3) is 0 Å². The van der Waals surface area contributed by atoms with Crippen LogP contribution in [0.4, 0.5) is 0 Å². The Labute approximate surface area is 49.5 Å². The van der Waals surface area contributed by atoms with E-state index in [1.807, 2.05) is 13.8 Å². The van der Waals surface area contributed by atoms with Crippen molar-refractivity contribution in [3.05, 3.63) is 0 Å². The number of carbonyl (C=O) groups is 1. The molecule has 0 amide bonds. The second-order valence-corrected chi connectivity index (χ2v) is 0.765. The van der Waals surface area contributed by atoms with Crippen molar-refractivity contribution >= 4 is 18.9 Å². The number of carbonyl (C=O) groups excluding carboxylic acids is 1. The van der Waals surface area contributed by atoms with Gasteiger partial charge in [0.1, 0.15) is 0 Å². The molecule has 0 bridgehead atoms. The van der Waals surface area contributed by atoms with E-state index < -0.39 is 0 Å². The summed E-state index contributed by atoms with van der Waals surface area (Å²) in [6, 6.07) is 0. The number of rotatable bonds is 0. The molecule has 0 fully saturated rings. The lowest BCUT2D eigenvalue weighted by atomic mass is 10.9. The third kappa shape index (κ3) is 25.6. The number of hydrogen-bond donors (Lipinski definition) is 1. The molecule has 0 heterocycles. The van der Waals surface area contributed by atoms with Crippen LogP contribution in [0, 0.1) is 0 Å².